The molecule has 0 rings (SSSR count). The van der Waals surface area contributed by atoms with Gasteiger partial charge in [-0.15, -0.1) is 35.3 Å². The van der Waals surface area contributed by atoms with E-state index < -0.39 is 22.4 Å². The molecule has 43 heavy (non-hydrogen) atoms. The van der Waals surface area contributed by atoms with Crippen LogP contribution >= 0.6 is 118 Å². The fourth-order valence-corrected chi connectivity index (χ4v) is 16.0. The van der Waals surface area contributed by atoms with E-state index in [-0.39, 0.29) is 23.4 Å². The first-order valence-corrected chi connectivity index (χ1v) is 28.0. The number of thioether (sulfide) groups is 10. The summed E-state index contributed by atoms with van der Waals surface area (Å²) >= 11 is 15.3. The van der Waals surface area contributed by atoms with E-state index in [1.54, 1.807) is 35.3 Å². The van der Waals surface area contributed by atoms with Crippen molar-refractivity contribution in [3.63, 3.8) is 0 Å². The first-order chi connectivity index (χ1) is 21.0. The molecule has 0 aromatic heterocycles. The topological polar surface area (TPSA) is 121 Å². The molecular weight excluding hydrogens is 781 g/mol. The minimum absolute atomic E-state index is 0.142. The maximum absolute atomic E-state index is 12.2. The maximum atomic E-state index is 12.2. The maximum Gasteiger partial charge on any atom is 0.190 e. The first kappa shape index (κ1) is 46.4. The number of carbonyl (C=O) groups excluding carboxylic acids is 2. The SMILES string of the molecule is O=C(CCSCSCCC[S+]([O-])CSCCO)SCCSCSCC[S+]([O-])CCCSCSCCC(=O)SCSCCO. The normalized spacial score (nSPS) is 12.9. The zero-order valence-electron chi connectivity index (χ0n) is 24.7. The van der Waals surface area contributed by atoms with Crippen LogP contribution in [0.2, 0.25) is 0 Å². The average molecular weight is 829 g/mol. The molecule has 2 atom stereocenters. The van der Waals surface area contributed by atoms with E-state index >= 15 is 0 Å². The van der Waals surface area contributed by atoms with Gasteiger partial charge in [0.1, 0.15) is 17.3 Å². The van der Waals surface area contributed by atoms with Crippen molar-refractivity contribution in [3.05, 3.63) is 0 Å². The lowest BCUT2D eigenvalue weighted by Crippen LogP contribution is -2.13. The van der Waals surface area contributed by atoms with Crippen LogP contribution < -0.4 is 0 Å². The second kappa shape index (κ2) is 38.2. The Morgan fingerprint density at radius 2 is 0.977 bits per heavy atom. The minimum Gasteiger partial charge on any atom is -0.616 e. The Bertz CT molecular complexity index is 629. The third-order valence-corrected chi connectivity index (χ3v) is 19.7. The standard InChI is InChI=1S/C25H48O6S12/c26-5-11-36-22-41-25(29)4-10-35-19-32-7-1-16-42(30)18-15-38-21-37-13-14-40-24(28)3-9-34-20-33-8-2-17-43(31)23-39-12-6-27/h26-27H,1-23H2. The molecule has 0 heterocycles. The summed E-state index contributed by atoms with van der Waals surface area (Å²) in [5, 5.41) is 22.2. The van der Waals surface area contributed by atoms with Gasteiger partial charge in [-0.25, -0.2) is 0 Å². The Kier molecular flexibility index (Phi) is 41.2. The molecule has 2 N–H and O–H groups in total. The molecule has 0 aliphatic rings. The molecule has 0 fully saturated rings. The lowest BCUT2D eigenvalue weighted by atomic mass is 10.5. The van der Waals surface area contributed by atoms with Crippen molar-refractivity contribution in [3.8, 4) is 0 Å². The van der Waals surface area contributed by atoms with Crippen molar-refractivity contribution < 1.29 is 28.9 Å². The lowest BCUT2D eigenvalue weighted by molar-refractivity contribution is -0.111. The Morgan fingerprint density at radius 3 is 1.60 bits per heavy atom. The Labute approximate surface area is 309 Å². The highest BCUT2D eigenvalue weighted by Crippen LogP contribution is 2.20. The lowest BCUT2D eigenvalue weighted by Gasteiger charge is -2.10. The molecule has 0 saturated carbocycles. The average Bonchev–Trinajstić information content (AvgIpc) is 2.99. The Hall–Kier alpha value is 3.38. The number of hydrogen-bond donors (Lipinski definition) is 2. The van der Waals surface area contributed by atoms with Crippen molar-refractivity contribution in [2.24, 2.45) is 0 Å². The molecule has 6 nitrogen and oxygen atoms in total. The molecule has 18 heteroatoms. The summed E-state index contributed by atoms with van der Waals surface area (Å²) in [5.74, 6) is 9.99. The van der Waals surface area contributed by atoms with Crippen molar-refractivity contribution in [2.75, 3.05) is 108 Å². The highest BCUT2D eigenvalue weighted by atomic mass is 32.3. The number of hydrogen-bond acceptors (Lipinski definition) is 16. The summed E-state index contributed by atoms with van der Waals surface area (Å²) in [6.45, 7) is 0.302. The number of aliphatic hydroxyl groups excluding tert-OH is 2. The van der Waals surface area contributed by atoms with Gasteiger partial charge in [0.05, 0.1) is 13.2 Å². The molecule has 0 aromatic rings. The van der Waals surface area contributed by atoms with E-state index in [1.807, 2.05) is 47.0 Å². The molecule has 0 radical (unpaired) electrons. The predicted molar refractivity (Wildman–Crippen MR) is 218 cm³/mol. The van der Waals surface area contributed by atoms with Gasteiger partial charge < -0.3 is 19.3 Å². The molecule has 0 aliphatic heterocycles. The minimum atomic E-state index is -0.794. The number of aliphatic hydroxyl groups is 2. The van der Waals surface area contributed by atoms with Crippen LogP contribution in [0.25, 0.3) is 0 Å². The van der Waals surface area contributed by atoms with Crippen molar-refractivity contribution in [1.82, 2.24) is 0 Å². The van der Waals surface area contributed by atoms with E-state index in [0.717, 1.165) is 90.7 Å². The number of carbonyl (C=O) groups is 2. The van der Waals surface area contributed by atoms with Gasteiger partial charge in [0.2, 0.25) is 0 Å². The fourth-order valence-electron chi connectivity index (χ4n) is 2.60. The van der Waals surface area contributed by atoms with E-state index in [4.69, 9.17) is 10.2 Å². The van der Waals surface area contributed by atoms with Gasteiger partial charge in [-0.3, -0.25) is 9.59 Å². The summed E-state index contributed by atoms with van der Waals surface area (Å²) in [4.78, 5) is 23.8. The van der Waals surface area contributed by atoms with E-state index in [9.17, 15) is 18.7 Å². The zero-order valence-corrected chi connectivity index (χ0v) is 34.5. The second-order valence-electron chi connectivity index (χ2n) is 8.24. The van der Waals surface area contributed by atoms with Gasteiger partial charge in [-0.2, -0.15) is 58.8 Å². The monoisotopic (exact) mass is 828 g/mol. The predicted octanol–water partition coefficient (Wildman–Crippen LogP) is 6.20. The summed E-state index contributed by atoms with van der Waals surface area (Å²) in [5.41, 5.74) is 0. The second-order valence-corrected chi connectivity index (χ2v) is 24.4. The van der Waals surface area contributed by atoms with Crippen LogP contribution in [0.3, 0.4) is 0 Å². The Balaban J connectivity index is 3.34. The van der Waals surface area contributed by atoms with Crippen LogP contribution in [-0.4, -0.2) is 137 Å². The molecule has 0 aliphatic carbocycles. The molecule has 0 aromatic carbocycles. The summed E-state index contributed by atoms with van der Waals surface area (Å²) in [6.07, 6.45) is 3.11. The summed E-state index contributed by atoms with van der Waals surface area (Å²) < 4.78 is 24.0. The molecule has 0 spiro atoms. The zero-order chi connectivity index (χ0) is 31.6. The van der Waals surface area contributed by atoms with Crippen LogP contribution in [0.5, 0.6) is 0 Å². The summed E-state index contributed by atoms with van der Waals surface area (Å²) in [6, 6.07) is 0. The number of rotatable bonds is 34. The van der Waals surface area contributed by atoms with Gasteiger partial charge in [-0.1, -0.05) is 34.7 Å². The van der Waals surface area contributed by atoms with Crippen LogP contribution in [0.15, 0.2) is 0 Å². The van der Waals surface area contributed by atoms with Gasteiger partial charge in [0, 0.05) is 86.3 Å². The largest absolute Gasteiger partial charge is 0.616 e. The molecule has 0 saturated heterocycles. The highest BCUT2D eigenvalue weighted by Gasteiger charge is 2.08. The quantitative estimate of drug-likeness (QED) is 0.0435. The molecule has 0 amide bonds. The van der Waals surface area contributed by atoms with Crippen molar-refractivity contribution in [1.29, 1.82) is 0 Å². The van der Waals surface area contributed by atoms with Gasteiger partial charge >= 0.3 is 0 Å². The van der Waals surface area contributed by atoms with E-state index in [0.29, 0.717) is 29.4 Å². The van der Waals surface area contributed by atoms with E-state index in [2.05, 4.69) is 0 Å². The third-order valence-electron chi connectivity index (χ3n) is 4.66. The third kappa shape index (κ3) is 38.0. The van der Waals surface area contributed by atoms with Gasteiger partial charge in [-0.05, 0) is 22.7 Å². The highest BCUT2D eigenvalue weighted by molar-refractivity contribution is 8.24. The smallest absolute Gasteiger partial charge is 0.190 e. The van der Waals surface area contributed by atoms with Crippen LogP contribution in [0, 0.1) is 0 Å². The van der Waals surface area contributed by atoms with Crippen molar-refractivity contribution >= 4 is 150 Å². The van der Waals surface area contributed by atoms with Crippen molar-refractivity contribution in [2.45, 2.75) is 25.7 Å². The molecule has 2 unspecified atom stereocenters. The van der Waals surface area contributed by atoms with Crippen LogP contribution in [0.4, 0.5) is 0 Å². The van der Waals surface area contributed by atoms with Crippen LogP contribution in [-0.2, 0) is 31.9 Å². The Morgan fingerprint density at radius 1 is 0.488 bits per heavy atom. The first-order valence-electron chi connectivity index (χ1n) is 13.8. The molecule has 0 bridgehead atoms. The molecule has 256 valence electrons. The van der Waals surface area contributed by atoms with E-state index in [1.165, 1.54) is 35.3 Å². The van der Waals surface area contributed by atoms with Crippen LogP contribution in [0.1, 0.15) is 25.7 Å². The van der Waals surface area contributed by atoms with Gasteiger partial charge in [0.25, 0.3) is 0 Å². The molecular formula is C25H48O6S12. The fraction of sp³-hybridized carbons (Fsp3) is 0.920. The van der Waals surface area contributed by atoms with Gasteiger partial charge in [0.15, 0.2) is 15.3 Å². The summed E-state index contributed by atoms with van der Waals surface area (Å²) in [7, 11) is 0.